The van der Waals surface area contributed by atoms with E-state index in [4.69, 9.17) is 4.74 Å². The first-order chi connectivity index (χ1) is 13.8. The van der Waals surface area contributed by atoms with E-state index in [-0.39, 0.29) is 16.9 Å². The van der Waals surface area contributed by atoms with Gasteiger partial charge in [-0.15, -0.1) is 0 Å². The van der Waals surface area contributed by atoms with Crippen LogP contribution in [0.25, 0.3) is 0 Å². The van der Waals surface area contributed by atoms with Crippen molar-refractivity contribution in [2.24, 2.45) is 0 Å². The fraction of sp³-hybridized carbons (Fsp3) is 0.286. The Kier molecular flexibility index (Phi) is 5.72. The van der Waals surface area contributed by atoms with Gasteiger partial charge in [0.25, 0.3) is 5.69 Å². The molecule has 1 aliphatic carbocycles. The SMILES string of the molecule is COC(=O)c1cc(C(=O)OC(C)C(=O)c2ccc3c(c2)CCC3)cc([N+](=O)[O-])c1. The topological polar surface area (TPSA) is 113 Å². The summed E-state index contributed by atoms with van der Waals surface area (Å²) in [6.07, 6.45) is 1.85. The Bertz CT molecular complexity index is 1010. The number of carbonyl (C=O) groups is 3. The van der Waals surface area contributed by atoms with E-state index in [9.17, 15) is 24.5 Å². The van der Waals surface area contributed by atoms with Crippen molar-refractivity contribution in [3.05, 3.63) is 74.3 Å². The Balaban J connectivity index is 1.80. The summed E-state index contributed by atoms with van der Waals surface area (Å²) in [7, 11) is 1.12. The Morgan fingerprint density at radius 1 is 0.966 bits per heavy atom. The van der Waals surface area contributed by atoms with Crippen molar-refractivity contribution in [1.82, 2.24) is 0 Å². The van der Waals surface area contributed by atoms with Gasteiger partial charge in [0.1, 0.15) is 0 Å². The molecule has 150 valence electrons. The molecule has 0 amide bonds. The van der Waals surface area contributed by atoms with Crippen LogP contribution in [0.3, 0.4) is 0 Å². The van der Waals surface area contributed by atoms with Crippen LogP contribution >= 0.6 is 0 Å². The summed E-state index contributed by atoms with van der Waals surface area (Å²) in [5, 5.41) is 11.1. The number of aryl methyl sites for hydroxylation is 2. The first-order valence-electron chi connectivity index (χ1n) is 9.05. The molecule has 0 spiro atoms. The number of nitro groups is 1. The number of Topliss-reactive ketones (excluding diaryl/α,β-unsaturated/α-hetero) is 1. The fourth-order valence-corrected chi connectivity index (χ4v) is 3.31. The van der Waals surface area contributed by atoms with Gasteiger partial charge >= 0.3 is 11.9 Å². The molecule has 0 aliphatic heterocycles. The Morgan fingerprint density at radius 3 is 2.28 bits per heavy atom. The lowest BCUT2D eigenvalue weighted by atomic mass is 10.0. The number of methoxy groups -OCH3 is 1. The van der Waals surface area contributed by atoms with Gasteiger partial charge in [-0.3, -0.25) is 14.9 Å². The molecule has 0 aromatic heterocycles. The van der Waals surface area contributed by atoms with E-state index in [2.05, 4.69) is 4.74 Å². The lowest BCUT2D eigenvalue weighted by molar-refractivity contribution is -0.384. The molecule has 0 fully saturated rings. The van der Waals surface area contributed by atoms with E-state index in [1.807, 2.05) is 12.1 Å². The third kappa shape index (κ3) is 4.31. The van der Waals surface area contributed by atoms with Crippen molar-refractivity contribution in [3.63, 3.8) is 0 Å². The number of hydrogen-bond donors (Lipinski definition) is 0. The minimum atomic E-state index is -1.09. The summed E-state index contributed by atoms with van der Waals surface area (Å²) >= 11 is 0. The first-order valence-corrected chi connectivity index (χ1v) is 9.05. The second-order valence-corrected chi connectivity index (χ2v) is 6.77. The second-order valence-electron chi connectivity index (χ2n) is 6.77. The highest BCUT2D eigenvalue weighted by atomic mass is 16.6. The molecule has 8 heteroatoms. The van der Waals surface area contributed by atoms with Crippen LogP contribution < -0.4 is 0 Å². The van der Waals surface area contributed by atoms with Crippen molar-refractivity contribution in [1.29, 1.82) is 0 Å². The molecule has 1 unspecified atom stereocenters. The third-order valence-corrected chi connectivity index (χ3v) is 4.82. The van der Waals surface area contributed by atoms with E-state index in [0.717, 1.165) is 50.1 Å². The van der Waals surface area contributed by atoms with Gasteiger partial charge in [-0.2, -0.15) is 0 Å². The number of benzene rings is 2. The monoisotopic (exact) mass is 397 g/mol. The summed E-state index contributed by atoms with van der Waals surface area (Å²) < 4.78 is 9.76. The van der Waals surface area contributed by atoms with E-state index in [1.54, 1.807) is 6.07 Å². The molecule has 29 heavy (non-hydrogen) atoms. The van der Waals surface area contributed by atoms with Gasteiger partial charge in [0, 0.05) is 17.7 Å². The number of esters is 2. The highest BCUT2D eigenvalue weighted by molar-refractivity contribution is 6.02. The van der Waals surface area contributed by atoms with E-state index in [0.29, 0.717) is 5.56 Å². The summed E-state index contributed by atoms with van der Waals surface area (Å²) in [5.41, 5.74) is 1.95. The number of non-ortho nitro benzene ring substituents is 1. The number of rotatable bonds is 6. The standard InChI is InChI=1S/C21H19NO7/c1-12(19(23)15-7-6-13-4-3-5-14(13)8-15)29-21(25)17-9-16(20(24)28-2)10-18(11-17)22(26)27/h6-12H,3-5H2,1-2H3. The Morgan fingerprint density at radius 2 is 1.62 bits per heavy atom. The largest absolute Gasteiger partial charge is 0.465 e. The van der Waals surface area contributed by atoms with Crippen LogP contribution in [0, 0.1) is 10.1 Å². The van der Waals surface area contributed by atoms with E-state index < -0.39 is 28.7 Å². The van der Waals surface area contributed by atoms with Gasteiger partial charge in [-0.25, -0.2) is 9.59 Å². The molecule has 1 atom stereocenters. The predicted octanol–water partition coefficient (Wildman–Crippen LogP) is 3.30. The molecule has 2 aromatic rings. The maximum absolute atomic E-state index is 12.6. The number of ketones is 1. The minimum Gasteiger partial charge on any atom is -0.465 e. The molecule has 0 radical (unpaired) electrons. The lowest BCUT2D eigenvalue weighted by Gasteiger charge is -2.13. The van der Waals surface area contributed by atoms with Crippen LogP contribution in [-0.4, -0.2) is 35.9 Å². The number of nitro benzene ring substituents is 1. The average Bonchev–Trinajstić information content (AvgIpc) is 3.19. The van der Waals surface area contributed by atoms with Crippen LogP contribution in [0.15, 0.2) is 36.4 Å². The number of ether oxygens (including phenoxy) is 2. The van der Waals surface area contributed by atoms with Crippen LogP contribution in [0.2, 0.25) is 0 Å². The van der Waals surface area contributed by atoms with Gasteiger partial charge < -0.3 is 9.47 Å². The molecule has 0 bridgehead atoms. The van der Waals surface area contributed by atoms with E-state index in [1.165, 1.54) is 12.5 Å². The van der Waals surface area contributed by atoms with Crippen molar-refractivity contribution in [2.45, 2.75) is 32.3 Å². The predicted molar refractivity (Wildman–Crippen MR) is 102 cm³/mol. The van der Waals surface area contributed by atoms with Crippen molar-refractivity contribution in [2.75, 3.05) is 7.11 Å². The number of hydrogen-bond acceptors (Lipinski definition) is 7. The molecular weight excluding hydrogens is 378 g/mol. The van der Waals surface area contributed by atoms with Crippen molar-refractivity contribution < 1.29 is 28.8 Å². The maximum Gasteiger partial charge on any atom is 0.339 e. The number of nitrogens with zero attached hydrogens (tertiary/aromatic N) is 1. The normalized spacial score (nSPS) is 13.3. The molecule has 3 rings (SSSR count). The molecule has 8 nitrogen and oxygen atoms in total. The third-order valence-electron chi connectivity index (χ3n) is 4.82. The zero-order chi connectivity index (χ0) is 21.1. The zero-order valence-electron chi connectivity index (χ0n) is 16.0. The van der Waals surface area contributed by atoms with Gasteiger partial charge in [0.15, 0.2) is 6.10 Å². The van der Waals surface area contributed by atoms with Crippen molar-refractivity contribution >= 4 is 23.4 Å². The molecule has 2 aromatic carbocycles. The van der Waals surface area contributed by atoms with Gasteiger partial charge in [0.05, 0.1) is 23.2 Å². The van der Waals surface area contributed by atoms with Gasteiger partial charge in [0.2, 0.25) is 5.78 Å². The van der Waals surface area contributed by atoms with Gasteiger partial charge in [-0.05, 0) is 49.4 Å². The van der Waals surface area contributed by atoms with Crippen LogP contribution in [0.4, 0.5) is 5.69 Å². The molecule has 0 saturated carbocycles. The van der Waals surface area contributed by atoms with Crippen LogP contribution in [0.1, 0.15) is 55.5 Å². The Hall–Kier alpha value is -3.55. The highest BCUT2D eigenvalue weighted by Crippen LogP contribution is 2.24. The quantitative estimate of drug-likeness (QED) is 0.318. The summed E-state index contributed by atoms with van der Waals surface area (Å²) in [6.45, 7) is 1.44. The fourth-order valence-electron chi connectivity index (χ4n) is 3.31. The second kappa shape index (κ2) is 8.22. The zero-order valence-corrected chi connectivity index (χ0v) is 16.0. The number of carbonyl (C=O) groups excluding carboxylic acids is 3. The smallest absolute Gasteiger partial charge is 0.339 e. The molecule has 1 aliphatic rings. The Labute approximate surface area is 166 Å². The van der Waals surface area contributed by atoms with Crippen LogP contribution in [0.5, 0.6) is 0 Å². The van der Waals surface area contributed by atoms with E-state index >= 15 is 0 Å². The summed E-state index contributed by atoms with van der Waals surface area (Å²) in [5.74, 6) is -2.14. The molecule has 0 heterocycles. The average molecular weight is 397 g/mol. The summed E-state index contributed by atoms with van der Waals surface area (Å²) in [4.78, 5) is 47.2. The highest BCUT2D eigenvalue weighted by Gasteiger charge is 2.24. The molecular formula is C21H19NO7. The minimum absolute atomic E-state index is 0.161. The van der Waals surface area contributed by atoms with Crippen LogP contribution in [-0.2, 0) is 22.3 Å². The van der Waals surface area contributed by atoms with Gasteiger partial charge in [-0.1, -0.05) is 12.1 Å². The molecule has 0 N–H and O–H groups in total. The van der Waals surface area contributed by atoms with Crippen molar-refractivity contribution in [3.8, 4) is 0 Å². The number of fused-ring (bicyclic) bond motifs is 1. The maximum atomic E-state index is 12.6. The lowest BCUT2D eigenvalue weighted by Crippen LogP contribution is -2.24. The summed E-state index contributed by atoms with van der Waals surface area (Å²) in [6, 6.07) is 8.56. The first kappa shape index (κ1) is 20.2. The molecule has 0 saturated heterocycles.